The van der Waals surface area contributed by atoms with Gasteiger partial charge in [-0.25, -0.2) is 0 Å². The van der Waals surface area contributed by atoms with Gasteiger partial charge in [-0.15, -0.1) is 0 Å². The van der Waals surface area contributed by atoms with E-state index in [1.54, 1.807) is 0 Å². The molecule has 1 aromatic rings. The van der Waals surface area contributed by atoms with Crippen molar-refractivity contribution in [3.8, 4) is 0 Å². The van der Waals surface area contributed by atoms with Gasteiger partial charge in [0.25, 0.3) is 0 Å². The van der Waals surface area contributed by atoms with E-state index in [0.29, 0.717) is 0 Å². The molecule has 0 radical (unpaired) electrons. The van der Waals surface area contributed by atoms with Gasteiger partial charge in [-0.3, -0.25) is 0 Å². The van der Waals surface area contributed by atoms with E-state index in [2.05, 4.69) is 39.8 Å². The fourth-order valence-electron chi connectivity index (χ4n) is 2.30. The fraction of sp³-hybridized carbons (Fsp3) is 0.462. The van der Waals surface area contributed by atoms with Crippen molar-refractivity contribution in [1.82, 2.24) is 0 Å². The Balaban J connectivity index is 2.42. The molecule has 0 amide bonds. The number of nitrogens with zero attached hydrogens (tertiary/aromatic N) is 2. The number of halogens is 1. The van der Waals surface area contributed by atoms with Gasteiger partial charge in [0, 0.05) is 33.7 Å². The predicted molar refractivity (Wildman–Crippen MR) is 85.4 cm³/mol. The number of rotatable bonds is 2. The van der Waals surface area contributed by atoms with Gasteiger partial charge in [-0.05, 0) is 41.9 Å². The first-order chi connectivity index (χ1) is 8.94. The Bertz CT molecular complexity index is 505. The molecule has 0 bridgehead atoms. The van der Waals surface area contributed by atoms with Gasteiger partial charge in [0.2, 0.25) is 0 Å². The number of hydrogen-bond donors (Lipinski definition) is 2. The third-order valence-corrected chi connectivity index (χ3v) is 5.08. The van der Waals surface area contributed by atoms with Crippen molar-refractivity contribution in [1.29, 1.82) is 0 Å². The van der Waals surface area contributed by atoms with Crippen molar-refractivity contribution in [2.75, 3.05) is 23.7 Å². The number of thioether (sulfide) groups is 1. The first kappa shape index (κ1) is 14.5. The molecule has 1 aromatic carbocycles. The van der Waals surface area contributed by atoms with E-state index in [1.165, 1.54) is 0 Å². The van der Waals surface area contributed by atoms with Crippen LogP contribution in [0.1, 0.15) is 19.4 Å². The number of nitrogens with two attached hydrogens (primary N) is 1. The average Bonchev–Trinajstić information content (AvgIpc) is 2.36. The Morgan fingerprint density at radius 2 is 2.26 bits per heavy atom. The van der Waals surface area contributed by atoms with E-state index in [0.717, 1.165) is 34.6 Å². The van der Waals surface area contributed by atoms with Gasteiger partial charge in [-0.1, -0.05) is 11.2 Å². The van der Waals surface area contributed by atoms with E-state index in [-0.39, 0.29) is 10.6 Å². The highest BCUT2D eigenvalue weighted by Gasteiger charge is 2.29. The highest BCUT2D eigenvalue weighted by atomic mass is 79.9. The fourth-order valence-corrected chi connectivity index (χ4v) is 3.97. The zero-order chi connectivity index (χ0) is 14.0. The van der Waals surface area contributed by atoms with E-state index in [1.807, 2.05) is 30.0 Å². The van der Waals surface area contributed by atoms with Gasteiger partial charge >= 0.3 is 0 Å². The summed E-state index contributed by atoms with van der Waals surface area (Å²) in [6.07, 6.45) is 0. The standard InChI is InChI=1S/C13H18BrN3OS/c1-13(2)8-17(6-7-19-13)10-5-3-4-9(14)11(10)12(15)16-18/h3-5,18H,6-8H2,1-2H3,(H2,15,16). The zero-order valence-electron chi connectivity index (χ0n) is 11.1. The summed E-state index contributed by atoms with van der Waals surface area (Å²) in [6.45, 7) is 6.39. The summed E-state index contributed by atoms with van der Waals surface area (Å²) < 4.78 is 1.06. The highest BCUT2D eigenvalue weighted by molar-refractivity contribution is 9.10. The molecule has 0 spiro atoms. The van der Waals surface area contributed by atoms with Gasteiger partial charge in [0.15, 0.2) is 5.84 Å². The minimum atomic E-state index is 0.138. The molecule has 1 aliphatic heterocycles. The molecule has 104 valence electrons. The van der Waals surface area contributed by atoms with Crippen LogP contribution in [0.25, 0.3) is 0 Å². The van der Waals surface area contributed by atoms with E-state index in [4.69, 9.17) is 10.9 Å². The van der Waals surface area contributed by atoms with Crippen molar-refractivity contribution in [2.24, 2.45) is 10.9 Å². The topological polar surface area (TPSA) is 61.8 Å². The highest BCUT2D eigenvalue weighted by Crippen LogP contribution is 2.35. The molecule has 0 unspecified atom stereocenters. The van der Waals surface area contributed by atoms with Crippen LogP contribution in [0.4, 0.5) is 5.69 Å². The van der Waals surface area contributed by atoms with Crippen LogP contribution >= 0.6 is 27.7 Å². The van der Waals surface area contributed by atoms with Crippen LogP contribution in [-0.2, 0) is 0 Å². The average molecular weight is 344 g/mol. The largest absolute Gasteiger partial charge is 0.409 e. The molecule has 2 rings (SSSR count). The summed E-state index contributed by atoms with van der Waals surface area (Å²) in [4.78, 5) is 2.30. The zero-order valence-corrected chi connectivity index (χ0v) is 13.5. The summed E-state index contributed by atoms with van der Waals surface area (Å²) in [5.41, 5.74) is 7.58. The first-order valence-electron chi connectivity index (χ1n) is 6.10. The smallest absolute Gasteiger partial charge is 0.173 e. The number of amidine groups is 1. The lowest BCUT2D eigenvalue weighted by molar-refractivity contribution is 0.318. The van der Waals surface area contributed by atoms with Crippen LogP contribution in [0.2, 0.25) is 0 Å². The van der Waals surface area contributed by atoms with Crippen molar-refractivity contribution >= 4 is 39.2 Å². The molecule has 6 heteroatoms. The summed E-state index contributed by atoms with van der Waals surface area (Å²) in [5, 5.41) is 12.1. The Morgan fingerprint density at radius 1 is 1.53 bits per heavy atom. The van der Waals surface area contributed by atoms with Gasteiger partial charge in [-0.2, -0.15) is 11.8 Å². The van der Waals surface area contributed by atoms with Crippen LogP contribution in [0.3, 0.4) is 0 Å². The second kappa shape index (κ2) is 5.63. The second-order valence-corrected chi connectivity index (χ2v) is 7.81. The van der Waals surface area contributed by atoms with Crippen molar-refractivity contribution in [3.05, 3.63) is 28.2 Å². The molecule has 1 fully saturated rings. The van der Waals surface area contributed by atoms with E-state index in [9.17, 15) is 0 Å². The Hall–Kier alpha value is -0.880. The van der Waals surface area contributed by atoms with Crippen molar-refractivity contribution < 1.29 is 5.21 Å². The predicted octanol–water partition coefficient (Wildman–Crippen LogP) is 2.88. The summed E-state index contributed by atoms with van der Waals surface area (Å²) in [5.74, 6) is 1.22. The molecule has 1 heterocycles. The Morgan fingerprint density at radius 3 is 2.89 bits per heavy atom. The molecule has 0 aliphatic carbocycles. The molecule has 0 saturated carbocycles. The van der Waals surface area contributed by atoms with Crippen LogP contribution < -0.4 is 10.6 Å². The molecular weight excluding hydrogens is 326 g/mol. The van der Waals surface area contributed by atoms with E-state index >= 15 is 0 Å². The number of anilines is 1. The molecule has 0 aromatic heterocycles. The quantitative estimate of drug-likeness (QED) is 0.375. The van der Waals surface area contributed by atoms with Crippen molar-refractivity contribution in [3.63, 3.8) is 0 Å². The third-order valence-electron chi connectivity index (χ3n) is 3.12. The maximum Gasteiger partial charge on any atom is 0.173 e. The normalized spacial score (nSPS) is 19.5. The summed E-state index contributed by atoms with van der Waals surface area (Å²) >= 11 is 5.46. The molecule has 1 aliphatic rings. The molecule has 1 saturated heterocycles. The Labute approximate surface area is 126 Å². The molecule has 0 atom stereocenters. The van der Waals surface area contributed by atoms with Gasteiger partial charge < -0.3 is 15.8 Å². The lowest BCUT2D eigenvalue weighted by Crippen LogP contribution is -2.44. The molecular formula is C13H18BrN3OS. The maximum absolute atomic E-state index is 8.96. The lowest BCUT2D eigenvalue weighted by Gasteiger charge is -2.39. The minimum absolute atomic E-state index is 0.138. The van der Waals surface area contributed by atoms with E-state index < -0.39 is 0 Å². The molecule has 4 nitrogen and oxygen atoms in total. The van der Waals surface area contributed by atoms with Crippen LogP contribution in [-0.4, -0.2) is 34.6 Å². The Kier molecular flexibility index (Phi) is 4.30. The van der Waals surface area contributed by atoms with Crippen molar-refractivity contribution in [2.45, 2.75) is 18.6 Å². The molecule has 19 heavy (non-hydrogen) atoms. The number of benzene rings is 1. The first-order valence-corrected chi connectivity index (χ1v) is 7.88. The van der Waals surface area contributed by atoms with Gasteiger partial charge in [0.1, 0.15) is 0 Å². The SMILES string of the molecule is CC1(C)CN(c2cccc(Br)c2/C(N)=N/O)CCS1. The number of hydrogen-bond acceptors (Lipinski definition) is 4. The maximum atomic E-state index is 8.96. The molecule has 3 N–H and O–H groups in total. The van der Waals surface area contributed by atoms with Crippen LogP contribution in [0.5, 0.6) is 0 Å². The lowest BCUT2D eigenvalue weighted by atomic mass is 10.1. The summed E-state index contributed by atoms with van der Waals surface area (Å²) in [6, 6.07) is 5.90. The van der Waals surface area contributed by atoms with Gasteiger partial charge in [0.05, 0.1) is 5.56 Å². The summed E-state index contributed by atoms with van der Waals surface area (Å²) in [7, 11) is 0. The minimum Gasteiger partial charge on any atom is -0.409 e. The number of oxime groups is 1. The second-order valence-electron chi connectivity index (χ2n) is 5.15. The van der Waals surface area contributed by atoms with Crippen LogP contribution in [0, 0.1) is 0 Å². The monoisotopic (exact) mass is 343 g/mol. The van der Waals surface area contributed by atoms with Crippen LogP contribution in [0.15, 0.2) is 27.8 Å². The third kappa shape index (κ3) is 3.17.